The molecule has 0 bridgehead atoms. The van der Waals surface area contributed by atoms with E-state index in [0.29, 0.717) is 35.1 Å². The minimum Gasteiger partial charge on any atom is -0.507 e. The molecule has 1 saturated heterocycles. The fourth-order valence-electron chi connectivity index (χ4n) is 4.58. The number of benzene rings is 3. The normalized spacial score (nSPS) is 16.5. The van der Waals surface area contributed by atoms with Gasteiger partial charge in [0.1, 0.15) is 29.9 Å². The molecule has 38 heavy (non-hydrogen) atoms. The van der Waals surface area contributed by atoms with Crippen molar-refractivity contribution in [2.75, 3.05) is 12.0 Å². The zero-order valence-electron chi connectivity index (χ0n) is 21.0. The number of ketones is 1. The Morgan fingerprint density at radius 3 is 2.37 bits per heavy atom. The first-order valence-corrected chi connectivity index (χ1v) is 12.1. The maximum atomic E-state index is 13.4. The number of hydrogen-bond acceptors (Lipinski definition) is 6. The van der Waals surface area contributed by atoms with Crippen molar-refractivity contribution in [2.24, 2.45) is 0 Å². The maximum absolute atomic E-state index is 13.4. The molecular formula is C31H26N2O5. The first-order chi connectivity index (χ1) is 18.5. The van der Waals surface area contributed by atoms with E-state index in [4.69, 9.17) is 9.47 Å². The molecule has 2 heterocycles. The number of Topliss-reactive ketones (excluding diaryl/α,β-unsaturated/α-hetero) is 1. The number of anilines is 1. The number of carbonyl (C=O) groups is 2. The molecule has 0 radical (unpaired) electrons. The number of ether oxygens (including phenoxy) is 2. The van der Waals surface area contributed by atoms with E-state index in [2.05, 4.69) is 4.98 Å². The van der Waals surface area contributed by atoms with Gasteiger partial charge in [0.05, 0.1) is 24.1 Å². The fourth-order valence-corrected chi connectivity index (χ4v) is 4.58. The molecule has 1 aromatic heterocycles. The van der Waals surface area contributed by atoms with E-state index < -0.39 is 17.7 Å². The number of methoxy groups -OCH3 is 1. The first kappa shape index (κ1) is 24.8. The van der Waals surface area contributed by atoms with Crippen molar-refractivity contribution < 1.29 is 24.2 Å². The molecule has 7 nitrogen and oxygen atoms in total. The molecule has 1 N–H and O–H groups in total. The van der Waals surface area contributed by atoms with Gasteiger partial charge in [0.15, 0.2) is 0 Å². The van der Waals surface area contributed by atoms with Gasteiger partial charge in [-0.1, -0.05) is 48.5 Å². The van der Waals surface area contributed by atoms with Gasteiger partial charge < -0.3 is 14.6 Å². The molecule has 0 saturated carbocycles. The van der Waals surface area contributed by atoms with Crippen LogP contribution in [0.2, 0.25) is 0 Å². The zero-order valence-corrected chi connectivity index (χ0v) is 21.0. The van der Waals surface area contributed by atoms with E-state index in [0.717, 1.165) is 11.1 Å². The van der Waals surface area contributed by atoms with Crippen LogP contribution in [0.5, 0.6) is 11.5 Å². The molecule has 7 heteroatoms. The summed E-state index contributed by atoms with van der Waals surface area (Å²) in [5.74, 6) is -0.779. The number of nitrogens with zero attached hydrogens (tertiary/aromatic N) is 2. The highest BCUT2D eigenvalue weighted by atomic mass is 16.5. The monoisotopic (exact) mass is 506 g/mol. The van der Waals surface area contributed by atoms with Crippen LogP contribution in [-0.4, -0.2) is 28.9 Å². The number of pyridine rings is 1. The number of hydrogen-bond donors (Lipinski definition) is 1. The summed E-state index contributed by atoms with van der Waals surface area (Å²) >= 11 is 0. The first-order valence-electron chi connectivity index (χ1n) is 12.1. The van der Waals surface area contributed by atoms with Crippen molar-refractivity contribution in [1.82, 2.24) is 4.98 Å². The standard InChI is InChI=1S/C31H26N2O5/c1-20-18-22(15-16-25(20)38-19-21-10-4-3-5-11-21)29(34)27-28(23-12-8-9-17-32-23)33(31(36)30(27)35)24-13-6-7-14-26(24)37-2/h3-18,28,34H,19H2,1-2H3/b29-27-. The molecule has 3 aromatic carbocycles. The predicted octanol–water partition coefficient (Wildman–Crippen LogP) is 5.60. The van der Waals surface area contributed by atoms with Gasteiger partial charge in [-0.25, -0.2) is 0 Å². The number of aliphatic hydroxyl groups excluding tert-OH is 1. The molecule has 5 rings (SSSR count). The largest absolute Gasteiger partial charge is 0.507 e. The minimum atomic E-state index is -0.943. The highest BCUT2D eigenvalue weighted by molar-refractivity contribution is 6.51. The van der Waals surface area contributed by atoms with E-state index in [9.17, 15) is 14.7 Å². The molecule has 4 aromatic rings. The Balaban J connectivity index is 1.56. The summed E-state index contributed by atoms with van der Waals surface area (Å²) in [5.41, 5.74) is 3.01. The van der Waals surface area contributed by atoms with Gasteiger partial charge in [-0.2, -0.15) is 0 Å². The molecule has 1 aliphatic heterocycles. The van der Waals surface area contributed by atoms with Crippen LogP contribution in [0.4, 0.5) is 5.69 Å². The third-order valence-corrected chi connectivity index (χ3v) is 6.44. The minimum absolute atomic E-state index is 0.0445. The molecule has 0 spiro atoms. The third kappa shape index (κ3) is 4.62. The lowest BCUT2D eigenvalue weighted by atomic mass is 9.97. The van der Waals surface area contributed by atoms with Crippen molar-refractivity contribution in [3.63, 3.8) is 0 Å². The Bertz CT molecular complexity index is 1520. The Labute approximate surface area is 220 Å². The third-order valence-electron chi connectivity index (χ3n) is 6.44. The van der Waals surface area contributed by atoms with Crippen LogP contribution in [0.1, 0.15) is 28.4 Å². The molecule has 190 valence electrons. The summed E-state index contributed by atoms with van der Waals surface area (Å²) in [6.45, 7) is 2.26. The molecule has 1 aliphatic rings. The van der Waals surface area contributed by atoms with Gasteiger partial charge >= 0.3 is 0 Å². The van der Waals surface area contributed by atoms with Gasteiger partial charge in [0, 0.05) is 11.8 Å². The van der Waals surface area contributed by atoms with Crippen LogP contribution in [0.3, 0.4) is 0 Å². The molecular weight excluding hydrogens is 480 g/mol. The van der Waals surface area contributed by atoms with E-state index in [1.54, 1.807) is 66.9 Å². The lowest BCUT2D eigenvalue weighted by molar-refractivity contribution is -0.132. The van der Waals surface area contributed by atoms with Crippen LogP contribution in [0.15, 0.2) is 103 Å². The van der Waals surface area contributed by atoms with Crippen molar-refractivity contribution in [3.8, 4) is 11.5 Å². The summed E-state index contributed by atoms with van der Waals surface area (Å²) in [6, 6.07) is 26.2. The Morgan fingerprint density at radius 1 is 0.921 bits per heavy atom. The van der Waals surface area contributed by atoms with Crippen LogP contribution >= 0.6 is 0 Å². The average molecular weight is 507 g/mol. The van der Waals surface area contributed by atoms with Crippen LogP contribution in [-0.2, 0) is 16.2 Å². The van der Waals surface area contributed by atoms with Gasteiger partial charge in [-0.3, -0.25) is 19.5 Å². The van der Waals surface area contributed by atoms with Crippen LogP contribution < -0.4 is 14.4 Å². The van der Waals surface area contributed by atoms with Gasteiger partial charge in [0.2, 0.25) is 0 Å². The zero-order chi connectivity index (χ0) is 26.6. The maximum Gasteiger partial charge on any atom is 0.300 e. The number of aromatic nitrogens is 1. The summed E-state index contributed by atoms with van der Waals surface area (Å²) in [5, 5.41) is 11.4. The smallest absolute Gasteiger partial charge is 0.300 e. The summed E-state index contributed by atoms with van der Waals surface area (Å²) in [4.78, 5) is 32.5. The number of aliphatic hydroxyl groups is 1. The number of rotatable bonds is 7. The Kier molecular flexibility index (Phi) is 6.91. The topological polar surface area (TPSA) is 89.0 Å². The van der Waals surface area contributed by atoms with Gasteiger partial charge in [0.25, 0.3) is 11.7 Å². The second-order valence-corrected chi connectivity index (χ2v) is 8.85. The van der Waals surface area contributed by atoms with Crippen molar-refractivity contribution in [3.05, 3.63) is 125 Å². The SMILES string of the molecule is COc1ccccc1N1C(=O)C(=O)/C(=C(\O)c2ccc(OCc3ccccc3)c(C)c2)C1c1ccccn1. The van der Waals surface area contributed by atoms with E-state index >= 15 is 0 Å². The Hall–Kier alpha value is -4.91. The second kappa shape index (κ2) is 10.6. The highest BCUT2D eigenvalue weighted by Crippen LogP contribution is 2.44. The van der Waals surface area contributed by atoms with Crippen molar-refractivity contribution >= 4 is 23.1 Å². The van der Waals surface area contributed by atoms with E-state index in [1.807, 2.05) is 37.3 Å². The molecule has 1 atom stereocenters. The molecule has 0 aliphatic carbocycles. The number of carbonyl (C=O) groups excluding carboxylic acids is 2. The summed E-state index contributed by atoms with van der Waals surface area (Å²) < 4.78 is 11.4. The Morgan fingerprint density at radius 2 is 1.66 bits per heavy atom. The quantitative estimate of drug-likeness (QED) is 0.199. The predicted molar refractivity (Wildman–Crippen MR) is 144 cm³/mol. The number of para-hydroxylation sites is 2. The van der Waals surface area contributed by atoms with Crippen molar-refractivity contribution in [2.45, 2.75) is 19.6 Å². The summed E-state index contributed by atoms with van der Waals surface area (Å²) in [6.07, 6.45) is 1.58. The highest BCUT2D eigenvalue weighted by Gasteiger charge is 2.48. The van der Waals surface area contributed by atoms with E-state index in [1.165, 1.54) is 12.0 Å². The lowest BCUT2D eigenvalue weighted by Crippen LogP contribution is -2.30. The molecule has 1 fully saturated rings. The lowest BCUT2D eigenvalue weighted by Gasteiger charge is -2.26. The number of aryl methyl sites for hydroxylation is 1. The molecule has 1 unspecified atom stereocenters. The van der Waals surface area contributed by atoms with Gasteiger partial charge in [-0.15, -0.1) is 0 Å². The molecule has 1 amide bonds. The van der Waals surface area contributed by atoms with E-state index in [-0.39, 0.29) is 11.3 Å². The second-order valence-electron chi connectivity index (χ2n) is 8.85. The van der Waals surface area contributed by atoms with Crippen LogP contribution in [0.25, 0.3) is 5.76 Å². The summed E-state index contributed by atoms with van der Waals surface area (Å²) in [7, 11) is 1.50. The van der Waals surface area contributed by atoms with Crippen LogP contribution in [0, 0.1) is 6.92 Å². The average Bonchev–Trinajstić information content (AvgIpc) is 3.22. The fraction of sp³-hybridized carbons (Fsp3) is 0.129. The van der Waals surface area contributed by atoms with Gasteiger partial charge in [-0.05, 0) is 60.5 Å². The number of amides is 1. The van der Waals surface area contributed by atoms with Crippen molar-refractivity contribution in [1.29, 1.82) is 0 Å².